The van der Waals surface area contributed by atoms with E-state index in [1.807, 2.05) is 13.8 Å². The van der Waals surface area contributed by atoms with Crippen LogP contribution in [0.15, 0.2) is 12.5 Å². The molecule has 8 nitrogen and oxygen atoms in total. The van der Waals surface area contributed by atoms with Gasteiger partial charge < -0.3 is 19.3 Å². The Bertz CT molecular complexity index is 721. The van der Waals surface area contributed by atoms with Gasteiger partial charge in [-0.1, -0.05) is 11.6 Å². The third kappa shape index (κ3) is 2.03. The Morgan fingerprint density at radius 1 is 1.36 bits per heavy atom. The number of ether oxygens (including phenoxy) is 3. The van der Waals surface area contributed by atoms with Gasteiger partial charge in [0.2, 0.25) is 0 Å². The van der Waals surface area contributed by atoms with E-state index < -0.39 is 18.1 Å². The van der Waals surface area contributed by atoms with Crippen LogP contribution in [0.2, 0.25) is 5.15 Å². The van der Waals surface area contributed by atoms with Crippen LogP contribution in [0.1, 0.15) is 20.1 Å². The summed E-state index contributed by atoms with van der Waals surface area (Å²) in [6, 6.07) is 0. The van der Waals surface area contributed by atoms with Crippen LogP contribution < -0.4 is 0 Å². The Balaban J connectivity index is 1.77. The van der Waals surface area contributed by atoms with Crippen molar-refractivity contribution in [3.63, 3.8) is 0 Å². The first-order valence-corrected chi connectivity index (χ1v) is 7.33. The Labute approximate surface area is 131 Å². The van der Waals surface area contributed by atoms with E-state index in [9.17, 15) is 5.11 Å². The molecular formula is C13H15ClN4O4. The predicted octanol–water partition coefficient (Wildman–Crippen LogP) is 0.889. The topological polar surface area (TPSA) is 91.5 Å². The quantitative estimate of drug-likeness (QED) is 0.876. The fourth-order valence-electron chi connectivity index (χ4n) is 3.07. The molecule has 9 heteroatoms. The minimum absolute atomic E-state index is 0.149. The molecule has 118 valence electrons. The van der Waals surface area contributed by atoms with E-state index >= 15 is 0 Å². The first-order valence-electron chi connectivity index (χ1n) is 6.96. The lowest BCUT2D eigenvalue weighted by molar-refractivity contribution is -0.199. The highest BCUT2D eigenvalue weighted by Gasteiger charge is 2.55. The average Bonchev–Trinajstić information content (AvgIpc) is 3.10. The Kier molecular flexibility index (Phi) is 3.14. The molecule has 0 saturated carbocycles. The van der Waals surface area contributed by atoms with E-state index in [1.165, 1.54) is 0 Å². The highest BCUT2D eigenvalue weighted by atomic mass is 35.5. The van der Waals surface area contributed by atoms with Gasteiger partial charge in [-0.05, 0) is 13.8 Å². The summed E-state index contributed by atoms with van der Waals surface area (Å²) < 4.78 is 19.5. The highest BCUT2D eigenvalue weighted by molar-refractivity contribution is 6.33. The molecule has 0 amide bonds. The molecule has 0 radical (unpaired) electrons. The molecule has 1 unspecified atom stereocenters. The maximum atomic E-state index is 9.53. The van der Waals surface area contributed by atoms with Gasteiger partial charge >= 0.3 is 0 Å². The van der Waals surface area contributed by atoms with Gasteiger partial charge in [0, 0.05) is 0 Å². The summed E-state index contributed by atoms with van der Waals surface area (Å²) in [5, 5.41) is 17.4. The zero-order valence-electron chi connectivity index (χ0n) is 12.0. The number of aliphatic hydroxyl groups excluding tert-OH is 1. The first kappa shape index (κ1) is 14.3. The first-order chi connectivity index (χ1) is 10.5. The molecule has 2 fully saturated rings. The normalized spacial score (nSPS) is 33.5. The maximum Gasteiger partial charge on any atom is 0.179 e. The van der Waals surface area contributed by atoms with Gasteiger partial charge in [-0.15, -0.1) is 5.10 Å². The fourth-order valence-corrected chi connectivity index (χ4v) is 3.26. The van der Waals surface area contributed by atoms with E-state index in [0.29, 0.717) is 11.0 Å². The number of hydrogen-bond acceptors (Lipinski definition) is 7. The monoisotopic (exact) mass is 326 g/mol. The SMILES string of the molecule is CC1(C)O[C@@H]2[C@@H](CO)OC(n3cnc4c(Cl)nncc43)[C@@H]2O1. The van der Waals surface area contributed by atoms with Crippen molar-refractivity contribution in [2.75, 3.05) is 6.61 Å². The summed E-state index contributed by atoms with van der Waals surface area (Å²) in [7, 11) is 0. The molecule has 4 rings (SSSR count). The predicted molar refractivity (Wildman–Crippen MR) is 75.2 cm³/mol. The molecule has 0 aromatic carbocycles. The molecule has 0 spiro atoms. The second-order valence-corrected chi connectivity index (χ2v) is 6.19. The van der Waals surface area contributed by atoms with Crippen LogP contribution in [-0.2, 0) is 14.2 Å². The van der Waals surface area contributed by atoms with Crippen molar-refractivity contribution in [3.05, 3.63) is 17.7 Å². The Hall–Kier alpha value is -1.32. The number of aliphatic hydroxyl groups is 1. The molecule has 4 atom stereocenters. The molecule has 0 bridgehead atoms. The van der Waals surface area contributed by atoms with E-state index in [0.717, 1.165) is 0 Å². The molecule has 22 heavy (non-hydrogen) atoms. The summed E-state index contributed by atoms with van der Waals surface area (Å²) in [6.45, 7) is 3.53. The van der Waals surface area contributed by atoms with Crippen molar-refractivity contribution in [1.29, 1.82) is 0 Å². The van der Waals surface area contributed by atoms with E-state index in [2.05, 4.69) is 15.2 Å². The third-order valence-corrected chi connectivity index (χ3v) is 4.19. The van der Waals surface area contributed by atoms with Crippen LogP contribution in [0.3, 0.4) is 0 Å². The van der Waals surface area contributed by atoms with Crippen LogP contribution >= 0.6 is 11.6 Å². The standard InChI is InChI=1S/C13H15ClN4O4/c1-13(2)21-9-7(4-19)20-12(10(9)22-13)18-5-15-8-6(18)3-16-17-11(8)14/h3,5,7,9-10,12,19H,4H2,1-2H3/t7-,9-,10-,12?/m1/s1. The summed E-state index contributed by atoms with van der Waals surface area (Å²) in [6.07, 6.45) is 1.55. The molecule has 2 aromatic rings. The van der Waals surface area contributed by atoms with Crippen molar-refractivity contribution >= 4 is 22.6 Å². The van der Waals surface area contributed by atoms with Crippen molar-refractivity contribution in [3.8, 4) is 0 Å². The van der Waals surface area contributed by atoms with Gasteiger partial charge in [-0.3, -0.25) is 4.57 Å². The molecule has 2 aliphatic heterocycles. The average molecular weight is 327 g/mol. The number of aromatic nitrogens is 4. The number of nitrogens with zero attached hydrogens (tertiary/aromatic N) is 4. The number of fused-ring (bicyclic) bond motifs is 2. The number of hydrogen-bond donors (Lipinski definition) is 1. The highest BCUT2D eigenvalue weighted by Crippen LogP contribution is 2.43. The second-order valence-electron chi connectivity index (χ2n) is 5.83. The number of halogens is 1. The van der Waals surface area contributed by atoms with Gasteiger partial charge in [0.05, 0.1) is 24.6 Å². The molecule has 0 aliphatic carbocycles. The van der Waals surface area contributed by atoms with Gasteiger partial charge in [0.25, 0.3) is 0 Å². The second kappa shape index (κ2) is 4.84. The van der Waals surface area contributed by atoms with Crippen LogP contribution in [0.4, 0.5) is 0 Å². The van der Waals surface area contributed by atoms with Crippen LogP contribution in [-0.4, -0.2) is 55.6 Å². The molecule has 4 heterocycles. The van der Waals surface area contributed by atoms with Crippen molar-refractivity contribution in [1.82, 2.24) is 19.7 Å². The van der Waals surface area contributed by atoms with Crippen molar-refractivity contribution in [2.45, 2.75) is 44.2 Å². The summed E-state index contributed by atoms with van der Waals surface area (Å²) in [4.78, 5) is 4.25. The van der Waals surface area contributed by atoms with Gasteiger partial charge in [-0.2, -0.15) is 5.10 Å². The minimum Gasteiger partial charge on any atom is -0.394 e. The van der Waals surface area contributed by atoms with Crippen molar-refractivity contribution in [2.24, 2.45) is 0 Å². The lowest BCUT2D eigenvalue weighted by Gasteiger charge is -2.24. The minimum atomic E-state index is -0.724. The zero-order chi connectivity index (χ0) is 15.5. The summed E-state index contributed by atoms with van der Waals surface area (Å²) >= 11 is 6.00. The van der Waals surface area contributed by atoms with E-state index in [4.69, 9.17) is 25.8 Å². The lowest BCUT2D eigenvalue weighted by atomic mass is 10.1. The molecule has 2 aliphatic rings. The van der Waals surface area contributed by atoms with Crippen molar-refractivity contribution < 1.29 is 19.3 Å². The number of rotatable bonds is 2. The smallest absolute Gasteiger partial charge is 0.179 e. The van der Waals surface area contributed by atoms with E-state index in [-0.39, 0.29) is 24.0 Å². The van der Waals surface area contributed by atoms with Crippen LogP contribution in [0, 0.1) is 0 Å². The molecular weight excluding hydrogens is 312 g/mol. The van der Waals surface area contributed by atoms with Gasteiger partial charge in [0.15, 0.2) is 17.2 Å². The van der Waals surface area contributed by atoms with E-state index in [1.54, 1.807) is 17.1 Å². The Morgan fingerprint density at radius 3 is 2.91 bits per heavy atom. The molecule has 1 N–H and O–H groups in total. The Morgan fingerprint density at radius 2 is 2.14 bits per heavy atom. The summed E-state index contributed by atoms with van der Waals surface area (Å²) in [5.41, 5.74) is 1.23. The van der Waals surface area contributed by atoms with Crippen LogP contribution in [0.5, 0.6) is 0 Å². The molecule has 2 saturated heterocycles. The fraction of sp³-hybridized carbons (Fsp3) is 0.615. The third-order valence-electron chi connectivity index (χ3n) is 3.93. The maximum absolute atomic E-state index is 9.53. The largest absolute Gasteiger partial charge is 0.394 e. The van der Waals surface area contributed by atoms with Crippen LogP contribution in [0.25, 0.3) is 11.0 Å². The van der Waals surface area contributed by atoms with Gasteiger partial charge in [0.1, 0.15) is 23.8 Å². The van der Waals surface area contributed by atoms with Gasteiger partial charge in [-0.25, -0.2) is 4.98 Å². The number of imidazole rings is 1. The molecule has 2 aromatic heterocycles. The lowest BCUT2D eigenvalue weighted by Crippen LogP contribution is -2.31. The zero-order valence-corrected chi connectivity index (χ0v) is 12.8. The summed E-state index contributed by atoms with van der Waals surface area (Å²) in [5.74, 6) is -0.724.